The average molecular weight is 260 g/mol. The average Bonchev–Trinajstić information content (AvgIpc) is 2.71. The number of phenolic OH excluding ortho intramolecular Hbond substituents is 1. The van der Waals surface area contributed by atoms with E-state index in [4.69, 9.17) is 16.7 Å². The molecule has 1 saturated heterocycles. The van der Waals surface area contributed by atoms with Crippen molar-refractivity contribution >= 4 is 29.3 Å². The molecule has 1 aliphatic heterocycles. The van der Waals surface area contributed by atoms with Gasteiger partial charge in [-0.2, -0.15) is 0 Å². The maximum Gasteiger partial charge on any atom is 0.321 e. The van der Waals surface area contributed by atoms with Gasteiger partial charge in [0.25, 0.3) is 0 Å². The Morgan fingerprint density at radius 1 is 1.56 bits per heavy atom. The number of hydrogen-bond donors (Lipinski definition) is 3. The summed E-state index contributed by atoms with van der Waals surface area (Å²) >= 11 is 7.30. The molecule has 0 aliphatic carbocycles. The number of thioether (sulfide) groups is 1. The molecule has 0 aromatic heterocycles. The molecule has 4 nitrogen and oxygen atoms in total. The summed E-state index contributed by atoms with van der Waals surface area (Å²) in [6.45, 7) is 0. The van der Waals surface area contributed by atoms with Gasteiger partial charge in [0.1, 0.15) is 11.8 Å². The van der Waals surface area contributed by atoms with E-state index >= 15 is 0 Å². The molecule has 0 spiro atoms. The van der Waals surface area contributed by atoms with Gasteiger partial charge in [-0.3, -0.25) is 10.1 Å². The van der Waals surface area contributed by atoms with Crippen LogP contribution in [0.3, 0.4) is 0 Å². The molecule has 1 unspecified atom stereocenters. The van der Waals surface area contributed by atoms with Gasteiger partial charge in [-0.15, -0.1) is 11.8 Å². The number of carbonyl (C=O) groups is 1. The van der Waals surface area contributed by atoms with Gasteiger partial charge in [-0.05, 0) is 17.7 Å². The third kappa shape index (κ3) is 2.26. The standard InChI is InChI=1S/C10H10ClNO3S/c11-6-3-5(1-2-8(6)13)9-12-7(4-16-9)10(14)15/h1-3,7,9,12-13H,4H2,(H,14,15)/t7-,9?/m0/s1. The van der Waals surface area contributed by atoms with Crippen molar-refractivity contribution in [1.29, 1.82) is 0 Å². The Kier molecular flexibility index (Phi) is 3.28. The number of carboxylic acids is 1. The second kappa shape index (κ2) is 4.53. The van der Waals surface area contributed by atoms with Crippen LogP contribution in [0.4, 0.5) is 0 Å². The number of phenols is 1. The van der Waals surface area contributed by atoms with Crippen molar-refractivity contribution in [2.45, 2.75) is 11.4 Å². The van der Waals surface area contributed by atoms with E-state index in [9.17, 15) is 9.90 Å². The molecule has 1 aromatic carbocycles. The van der Waals surface area contributed by atoms with E-state index in [0.29, 0.717) is 5.75 Å². The van der Waals surface area contributed by atoms with Crippen LogP contribution in [0, 0.1) is 0 Å². The molecule has 1 fully saturated rings. The summed E-state index contributed by atoms with van der Waals surface area (Å²) in [7, 11) is 0. The SMILES string of the molecule is O=C(O)[C@@H]1CSC(c2ccc(O)c(Cl)c2)N1. The largest absolute Gasteiger partial charge is 0.506 e. The van der Waals surface area contributed by atoms with Crippen LogP contribution in [-0.4, -0.2) is 28.0 Å². The van der Waals surface area contributed by atoms with Crippen LogP contribution in [0.1, 0.15) is 10.9 Å². The first-order valence-electron chi connectivity index (χ1n) is 4.67. The lowest BCUT2D eigenvalue weighted by molar-refractivity contribution is -0.138. The van der Waals surface area contributed by atoms with E-state index in [1.807, 2.05) is 0 Å². The van der Waals surface area contributed by atoms with Crippen LogP contribution in [0.25, 0.3) is 0 Å². The molecule has 2 atom stereocenters. The molecule has 2 rings (SSSR count). The third-order valence-electron chi connectivity index (χ3n) is 2.35. The van der Waals surface area contributed by atoms with Crippen LogP contribution in [0.15, 0.2) is 18.2 Å². The predicted octanol–water partition coefficient (Wildman–Crippen LogP) is 1.83. The molecule has 1 heterocycles. The zero-order chi connectivity index (χ0) is 11.7. The second-order valence-electron chi connectivity index (χ2n) is 3.48. The normalized spacial score (nSPS) is 24.6. The molecule has 3 N–H and O–H groups in total. The van der Waals surface area contributed by atoms with Gasteiger partial charge in [0, 0.05) is 5.75 Å². The van der Waals surface area contributed by atoms with E-state index in [2.05, 4.69) is 5.32 Å². The van der Waals surface area contributed by atoms with Gasteiger partial charge in [-0.1, -0.05) is 17.7 Å². The topological polar surface area (TPSA) is 69.6 Å². The highest BCUT2D eigenvalue weighted by Crippen LogP contribution is 2.35. The van der Waals surface area contributed by atoms with Crippen molar-refractivity contribution in [2.24, 2.45) is 0 Å². The summed E-state index contributed by atoms with van der Waals surface area (Å²) in [4.78, 5) is 10.8. The van der Waals surface area contributed by atoms with Crippen LogP contribution in [0.2, 0.25) is 5.02 Å². The van der Waals surface area contributed by atoms with E-state index in [1.165, 1.54) is 17.8 Å². The summed E-state index contributed by atoms with van der Waals surface area (Å²) < 4.78 is 0. The minimum Gasteiger partial charge on any atom is -0.506 e. The number of aliphatic carboxylic acids is 1. The Labute approximate surface area is 102 Å². The van der Waals surface area contributed by atoms with Crippen LogP contribution in [0.5, 0.6) is 5.75 Å². The number of carboxylic acid groups (broad SMARTS) is 1. The number of rotatable bonds is 2. The Hall–Kier alpha value is -0.910. The first-order chi connectivity index (χ1) is 7.58. The van der Waals surface area contributed by atoms with Crippen LogP contribution >= 0.6 is 23.4 Å². The summed E-state index contributed by atoms with van der Waals surface area (Å²) in [5.74, 6) is -0.290. The highest BCUT2D eigenvalue weighted by Gasteiger charge is 2.30. The Balaban J connectivity index is 2.14. The van der Waals surface area contributed by atoms with E-state index in [1.54, 1.807) is 12.1 Å². The number of aromatic hydroxyl groups is 1. The lowest BCUT2D eigenvalue weighted by atomic mass is 10.2. The summed E-state index contributed by atoms with van der Waals surface area (Å²) in [5.41, 5.74) is 0.872. The zero-order valence-corrected chi connectivity index (χ0v) is 9.76. The quantitative estimate of drug-likeness (QED) is 0.756. The Morgan fingerprint density at radius 3 is 2.88 bits per heavy atom. The molecular weight excluding hydrogens is 250 g/mol. The van der Waals surface area contributed by atoms with Gasteiger partial charge in [-0.25, -0.2) is 0 Å². The molecule has 6 heteroatoms. The van der Waals surface area contributed by atoms with Crippen molar-refractivity contribution in [3.05, 3.63) is 28.8 Å². The smallest absolute Gasteiger partial charge is 0.321 e. The zero-order valence-electron chi connectivity index (χ0n) is 8.18. The van der Waals surface area contributed by atoms with E-state index in [-0.39, 0.29) is 16.1 Å². The second-order valence-corrected chi connectivity index (χ2v) is 5.03. The first kappa shape index (κ1) is 11.6. The number of benzene rings is 1. The molecule has 0 saturated carbocycles. The minimum atomic E-state index is -0.847. The predicted molar refractivity (Wildman–Crippen MR) is 62.9 cm³/mol. The van der Waals surface area contributed by atoms with Gasteiger partial charge in [0.05, 0.1) is 10.4 Å². The summed E-state index contributed by atoms with van der Waals surface area (Å²) in [6, 6.07) is 4.36. The first-order valence-corrected chi connectivity index (χ1v) is 6.09. The van der Waals surface area contributed by atoms with E-state index < -0.39 is 12.0 Å². The molecule has 0 amide bonds. The third-order valence-corrected chi connectivity index (χ3v) is 3.92. The lowest BCUT2D eigenvalue weighted by Gasteiger charge is -2.11. The van der Waals surface area contributed by atoms with Crippen LogP contribution < -0.4 is 5.32 Å². The molecule has 1 aromatic rings. The van der Waals surface area contributed by atoms with Crippen LogP contribution in [-0.2, 0) is 4.79 Å². The molecule has 0 bridgehead atoms. The van der Waals surface area contributed by atoms with Gasteiger partial charge in [0.15, 0.2) is 0 Å². The minimum absolute atomic E-state index is 0.0307. The maximum absolute atomic E-state index is 10.8. The number of nitrogens with one attached hydrogen (secondary N) is 1. The molecule has 16 heavy (non-hydrogen) atoms. The van der Waals surface area contributed by atoms with Crippen molar-refractivity contribution < 1.29 is 15.0 Å². The fourth-order valence-corrected chi connectivity index (χ4v) is 2.90. The Morgan fingerprint density at radius 2 is 2.31 bits per heavy atom. The van der Waals surface area contributed by atoms with Crippen molar-refractivity contribution in [2.75, 3.05) is 5.75 Å². The monoisotopic (exact) mass is 259 g/mol. The fraction of sp³-hybridized carbons (Fsp3) is 0.300. The van der Waals surface area contributed by atoms with Crippen molar-refractivity contribution in [1.82, 2.24) is 5.32 Å². The summed E-state index contributed by atoms with van der Waals surface area (Å²) in [5, 5.41) is 21.3. The summed E-state index contributed by atoms with van der Waals surface area (Å²) in [6.07, 6.45) is 0. The number of halogens is 1. The lowest BCUT2D eigenvalue weighted by Crippen LogP contribution is -2.33. The number of hydrogen-bond acceptors (Lipinski definition) is 4. The molecule has 86 valence electrons. The van der Waals surface area contributed by atoms with E-state index in [0.717, 1.165) is 5.56 Å². The Bertz CT molecular complexity index is 427. The molecular formula is C10H10ClNO3S. The van der Waals surface area contributed by atoms with Crippen molar-refractivity contribution in [3.8, 4) is 5.75 Å². The maximum atomic E-state index is 10.8. The van der Waals surface area contributed by atoms with Gasteiger partial charge in [0.2, 0.25) is 0 Å². The molecule has 1 aliphatic rings. The van der Waals surface area contributed by atoms with Gasteiger partial charge < -0.3 is 10.2 Å². The fourth-order valence-electron chi connectivity index (χ4n) is 1.49. The highest BCUT2D eigenvalue weighted by atomic mass is 35.5. The van der Waals surface area contributed by atoms with Crippen molar-refractivity contribution in [3.63, 3.8) is 0 Å². The molecule has 0 radical (unpaired) electrons. The highest BCUT2D eigenvalue weighted by molar-refractivity contribution is 7.99. The van der Waals surface area contributed by atoms with Gasteiger partial charge >= 0.3 is 5.97 Å².